The molecule has 0 saturated carbocycles. The molecule has 3 heterocycles. The monoisotopic (exact) mass is 350 g/mol. The van der Waals surface area contributed by atoms with Gasteiger partial charge in [0.1, 0.15) is 12.4 Å². The summed E-state index contributed by atoms with van der Waals surface area (Å²) in [4.78, 5) is 30.0. The van der Waals surface area contributed by atoms with Crippen LogP contribution in [-0.4, -0.2) is 43.2 Å². The van der Waals surface area contributed by atoms with E-state index in [0.717, 1.165) is 16.5 Å². The van der Waals surface area contributed by atoms with Crippen LogP contribution < -0.4 is 5.69 Å². The van der Waals surface area contributed by atoms with Crippen LogP contribution in [0.1, 0.15) is 11.4 Å². The Hall–Kier alpha value is -3.34. The Bertz CT molecular complexity index is 1070. The average molecular weight is 350 g/mol. The summed E-state index contributed by atoms with van der Waals surface area (Å²) >= 11 is 0. The van der Waals surface area contributed by atoms with Crippen molar-refractivity contribution in [3.8, 4) is 6.07 Å². The molecule has 1 N–H and O–H groups in total. The summed E-state index contributed by atoms with van der Waals surface area (Å²) in [6.07, 6.45) is 2.71. The van der Waals surface area contributed by atoms with Gasteiger partial charge in [0, 0.05) is 43.2 Å². The highest BCUT2D eigenvalue weighted by atomic mass is 16.2. The minimum absolute atomic E-state index is 0.0397. The number of H-pyrrole nitrogens is 1. The topological polar surface area (TPSA) is 99.7 Å². The Morgan fingerprint density at radius 2 is 2.12 bits per heavy atom. The minimum Gasteiger partial charge on any atom is -0.361 e. The van der Waals surface area contributed by atoms with E-state index in [1.807, 2.05) is 36.5 Å². The first-order chi connectivity index (χ1) is 12.7. The van der Waals surface area contributed by atoms with Gasteiger partial charge in [0.2, 0.25) is 5.91 Å². The zero-order valence-corrected chi connectivity index (χ0v) is 14.2. The van der Waals surface area contributed by atoms with E-state index < -0.39 is 0 Å². The number of hydrogen-bond acceptors (Lipinski definition) is 4. The third-order valence-electron chi connectivity index (χ3n) is 4.79. The Kier molecular flexibility index (Phi) is 4.05. The van der Waals surface area contributed by atoms with Crippen LogP contribution >= 0.6 is 0 Å². The van der Waals surface area contributed by atoms with E-state index in [4.69, 9.17) is 5.26 Å². The third-order valence-corrected chi connectivity index (χ3v) is 4.79. The summed E-state index contributed by atoms with van der Waals surface area (Å²) in [5, 5.41) is 14.0. The number of fused-ring (bicyclic) bond motifs is 2. The number of aromatic nitrogens is 4. The second-order valence-corrected chi connectivity index (χ2v) is 6.33. The molecule has 0 atom stereocenters. The molecule has 0 bridgehead atoms. The number of nitrogens with one attached hydrogen (secondary N) is 1. The lowest BCUT2D eigenvalue weighted by atomic mass is 10.1. The number of benzene rings is 1. The summed E-state index contributed by atoms with van der Waals surface area (Å²) in [6, 6.07) is 9.84. The summed E-state index contributed by atoms with van der Waals surface area (Å²) in [7, 11) is 0. The number of nitrogens with zero attached hydrogens (tertiary/aromatic N) is 5. The van der Waals surface area contributed by atoms with Gasteiger partial charge in [0.15, 0.2) is 0 Å². The largest absolute Gasteiger partial charge is 0.361 e. The standard InChI is InChI=1S/C18H18N6O2/c19-6-8-24-18(26)23-10-9-22(7-5-16(23)21-24)17(25)11-13-12-20-15-4-2-1-3-14(13)15/h1-4,12,20H,5,7-11H2. The summed E-state index contributed by atoms with van der Waals surface area (Å²) in [6.45, 7) is 1.33. The van der Waals surface area contributed by atoms with E-state index in [1.165, 1.54) is 4.68 Å². The second kappa shape index (κ2) is 6.52. The van der Waals surface area contributed by atoms with Crippen LogP contribution in [0.5, 0.6) is 0 Å². The first kappa shape index (κ1) is 16.1. The zero-order chi connectivity index (χ0) is 18.1. The molecule has 26 heavy (non-hydrogen) atoms. The molecule has 2 aromatic heterocycles. The molecule has 4 rings (SSSR count). The third kappa shape index (κ3) is 2.77. The van der Waals surface area contributed by atoms with Crippen molar-refractivity contribution in [3.63, 3.8) is 0 Å². The van der Waals surface area contributed by atoms with Crippen molar-refractivity contribution in [2.45, 2.75) is 25.9 Å². The van der Waals surface area contributed by atoms with Crippen LogP contribution in [0.3, 0.4) is 0 Å². The lowest BCUT2D eigenvalue weighted by Crippen LogP contribution is -2.36. The van der Waals surface area contributed by atoms with Gasteiger partial charge in [0.05, 0.1) is 12.5 Å². The number of carbonyl (C=O) groups is 1. The van der Waals surface area contributed by atoms with Crippen molar-refractivity contribution < 1.29 is 4.79 Å². The smallest absolute Gasteiger partial charge is 0.346 e. The van der Waals surface area contributed by atoms with Crippen LogP contribution in [0.4, 0.5) is 0 Å². The van der Waals surface area contributed by atoms with Crippen molar-refractivity contribution in [2.75, 3.05) is 13.1 Å². The van der Waals surface area contributed by atoms with Crippen LogP contribution in [0, 0.1) is 11.3 Å². The number of amides is 1. The van der Waals surface area contributed by atoms with E-state index in [-0.39, 0.29) is 18.1 Å². The molecule has 0 aliphatic carbocycles. The maximum atomic E-state index is 12.7. The molecule has 132 valence electrons. The molecule has 0 radical (unpaired) electrons. The Morgan fingerprint density at radius 1 is 1.27 bits per heavy atom. The Balaban J connectivity index is 1.49. The lowest BCUT2D eigenvalue weighted by molar-refractivity contribution is -0.130. The number of rotatable bonds is 3. The molecule has 8 heteroatoms. The molecule has 0 saturated heterocycles. The highest BCUT2D eigenvalue weighted by Gasteiger charge is 2.22. The fourth-order valence-electron chi connectivity index (χ4n) is 3.43. The summed E-state index contributed by atoms with van der Waals surface area (Å²) in [5.41, 5.74) is 1.71. The van der Waals surface area contributed by atoms with E-state index in [1.54, 1.807) is 9.47 Å². The molecule has 0 fully saturated rings. The van der Waals surface area contributed by atoms with Crippen LogP contribution in [0.2, 0.25) is 0 Å². The van der Waals surface area contributed by atoms with Gasteiger partial charge < -0.3 is 9.88 Å². The lowest BCUT2D eigenvalue weighted by Gasteiger charge is -2.19. The van der Waals surface area contributed by atoms with Crippen molar-refractivity contribution in [1.29, 1.82) is 5.26 Å². The van der Waals surface area contributed by atoms with Crippen molar-refractivity contribution >= 4 is 16.8 Å². The van der Waals surface area contributed by atoms with E-state index in [2.05, 4.69) is 10.1 Å². The van der Waals surface area contributed by atoms with Crippen LogP contribution in [0.25, 0.3) is 10.9 Å². The number of nitriles is 1. The Morgan fingerprint density at radius 3 is 2.96 bits per heavy atom. The van der Waals surface area contributed by atoms with E-state index in [9.17, 15) is 9.59 Å². The van der Waals surface area contributed by atoms with E-state index in [0.29, 0.717) is 38.3 Å². The van der Waals surface area contributed by atoms with Gasteiger partial charge >= 0.3 is 5.69 Å². The van der Waals surface area contributed by atoms with Gasteiger partial charge in [0.25, 0.3) is 0 Å². The molecule has 1 aromatic carbocycles. The fourth-order valence-corrected chi connectivity index (χ4v) is 3.43. The van der Waals surface area contributed by atoms with Crippen LogP contribution in [-0.2, 0) is 30.7 Å². The number of para-hydroxylation sites is 1. The SMILES string of the molecule is N#CCn1nc2n(c1=O)CCN(C(=O)Cc1c[nH]c3ccccc13)CC2. The first-order valence-corrected chi connectivity index (χ1v) is 8.53. The molecular weight excluding hydrogens is 332 g/mol. The number of aromatic amines is 1. The van der Waals surface area contributed by atoms with Gasteiger partial charge in [-0.25, -0.2) is 4.79 Å². The molecule has 3 aromatic rings. The highest BCUT2D eigenvalue weighted by Crippen LogP contribution is 2.19. The van der Waals surface area contributed by atoms with Crippen molar-refractivity contribution in [2.24, 2.45) is 0 Å². The molecule has 1 amide bonds. The first-order valence-electron chi connectivity index (χ1n) is 8.53. The Labute approximate surface area is 149 Å². The van der Waals surface area contributed by atoms with Gasteiger partial charge in [-0.05, 0) is 11.6 Å². The molecule has 1 aliphatic rings. The second-order valence-electron chi connectivity index (χ2n) is 6.33. The molecule has 0 unspecified atom stereocenters. The minimum atomic E-state index is -0.285. The number of hydrogen-bond donors (Lipinski definition) is 1. The molecule has 1 aliphatic heterocycles. The average Bonchev–Trinajstić information content (AvgIpc) is 3.09. The predicted octanol–water partition coefficient (Wildman–Crippen LogP) is 0.677. The zero-order valence-electron chi connectivity index (χ0n) is 14.2. The van der Waals surface area contributed by atoms with Gasteiger partial charge in [-0.3, -0.25) is 9.36 Å². The quantitative estimate of drug-likeness (QED) is 0.750. The van der Waals surface area contributed by atoms with Crippen molar-refractivity contribution in [1.82, 2.24) is 24.2 Å². The van der Waals surface area contributed by atoms with E-state index >= 15 is 0 Å². The fraction of sp³-hybridized carbons (Fsp3) is 0.333. The maximum Gasteiger partial charge on any atom is 0.346 e. The summed E-state index contributed by atoms with van der Waals surface area (Å²) in [5.74, 6) is 0.672. The highest BCUT2D eigenvalue weighted by molar-refractivity contribution is 5.88. The van der Waals surface area contributed by atoms with Crippen LogP contribution in [0.15, 0.2) is 35.3 Å². The normalized spacial score (nSPS) is 14.0. The van der Waals surface area contributed by atoms with Gasteiger partial charge in [-0.2, -0.15) is 15.0 Å². The van der Waals surface area contributed by atoms with Crippen molar-refractivity contribution in [3.05, 3.63) is 52.3 Å². The number of carbonyl (C=O) groups excluding carboxylic acids is 1. The molecule has 0 spiro atoms. The predicted molar refractivity (Wildman–Crippen MR) is 94.4 cm³/mol. The molecular formula is C18H18N6O2. The van der Waals surface area contributed by atoms with Gasteiger partial charge in [-0.15, -0.1) is 0 Å². The molecule has 8 nitrogen and oxygen atoms in total. The van der Waals surface area contributed by atoms with Gasteiger partial charge in [-0.1, -0.05) is 18.2 Å². The maximum absolute atomic E-state index is 12.7. The summed E-state index contributed by atoms with van der Waals surface area (Å²) < 4.78 is 2.75.